The molecule has 0 saturated carbocycles. The van der Waals surface area contributed by atoms with Gasteiger partial charge in [0.25, 0.3) is 0 Å². The van der Waals surface area contributed by atoms with Gasteiger partial charge in [0, 0.05) is 18.7 Å². The number of nitrogens with one attached hydrogen (secondary N) is 1. The molecular weight excluding hydrogens is 250 g/mol. The molecule has 0 fully saturated rings. The topological polar surface area (TPSA) is 68.0 Å². The number of hydrogen-bond donors (Lipinski definition) is 2. The molecule has 104 valence electrons. The predicted molar refractivity (Wildman–Crippen MR) is 80.2 cm³/mol. The Balaban J connectivity index is 1.82. The number of nitrogens with two attached hydrogens (primary N) is 1. The second-order valence-electron chi connectivity index (χ2n) is 4.82. The van der Waals surface area contributed by atoms with Gasteiger partial charge in [-0.1, -0.05) is 36.4 Å². The van der Waals surface area contributed by atoms with Crippen molar-refractivity contribution in [2.24, 2.45) is 5.73 Å². The minimum atomic E-state index is -0.118. The smallest absolute Gasteiger partial charge is 0.225 e. The van der Waals surface area contributed by atoms with E-state index < -0.39 is 0 Å². The summed E-state index contributed by atoms with van der Waals surface area (Å²) < 4.78 is 0. The highest BCUT2D eigenvalue weighted by Gasteiger charge is 2.09. The molecule has 0 saturated heterocycles. The molecule has 4 heteroatoms. The van der Waals surface area contributed by atoms with Crippen LogP contribution in [0.3, 0.4) is 0 Å². The summed E-state index contributed by atoms with van der Waals surface area (Å²) in [5, 5.41) is 2.77. The van der Waals surface area contributed by atoms with E-state index in [0.29, 0.717) is 18.7 Å². The van der Waals surface area contributed by atoms with Gasteiger partial charge in [-0.3, -0.25) is 4.79 Å². The molecule has 0 spiro atoms. The number of hydrogen-bond acceptors (Lipinski definition) is 3. The quantitative estimate of drug-likeness (QED) is 0.877. The number of aromatic nitrogens is 1. The summed E-state index contributed by atoms with van der Waals surface area (Å²) in [4.78, 5) is 16.0. The molecule has 1 heterocycles. The Morgan fingerprint density at radius 3 is 2.65 bits per heavy atom. The van der Waals surface area contributed by atoms with Gasteiger partial charge in [-0.05, 0) is 30.5 Å². The van der Waals surface area contributed by atoms with Crippen LogP contribution in [0.25, 0.3) is 0 Å². The van der Waals surface area contributed by atoms with Crippen molar-refractivity contribution in [2.75, 3.05) is 5.32 Å². The van der Waals surface area contributed by atoms with Crippen LogP contribution in [0.15, 0.2) is 48.7 Å². The van der Waals surface area contributed by atoms with E-state index in [1.807, 2.05) is 43.3 Å². The van der Waals surface area contributed by atoms with E-state index >= 15 is 0 Å². The van der Waals surface area contributed by atoms with Crippen molar-refractivity contribution in [2.45, 2.75) is 25.8 Å². The van der Waals surface area contributed by atoms with Crippen molar-refractivity contribution in [1.82, 2.24) is 4.98 Å². The number of aryl methyl sites for hydroxylation is 1. The fourth-order valence-electron chi connectivity index (χ4n) is 1.90. The number of anilines is 1. The number of rotatable bonds is 5. The van der Waals surface area contributed by atoms with Gasteiger partial charge in [0.2, 0.25) is 5.91 Å². The van der Waals surface area contributed by atoms with Gasteiger partial charge >= 0.3 is 0 Å². The average Bonchev–Trinajstić information content (AvgIpc) is 2.48. The lowest BCUT2D eigenvalue weighted by molar-refractivity contribution is -0.116. The van der Waals surface area contributed by atoms with Gasteiger partial charge in [0.05, 0.1) is 0 Å². The number of pyridine rings is 1. The molecule has 2 rings (SSSR count). The Morgan fingerprint density at radius 1 is 1.25 bits per heavy atom. The Bertz CT molecular complexity index is 552. The summed E-state index contributed by atoms with van der Waals surface area (Å²) >= 11 is 0. The molecule has 0 aliphatic carbocycles. The van der Waals surface area contributed by atoms with Crippen LogP contribution in [0, 0.1) is 6.92 Å². The third-order valence-electron chi connectivity index (χ3n) is 3.09. The summed E-state index contributed by atoms with van der Waals surface area (Å²) in [5.41, 5.74) is 8.17. The Kier molecular flexibility index (Phi) is 4.85. The van der Waals surface area contributed by atoms with Crippen molar-refractivity contribution in [3.63, 3.8) is 0 Å². The highest BCUT2D eigenvalue weighted by atomic mass is 16.1. The van der Waals surface area contributed by atoms with Crippen LogP contribution in [0.1, 0.15) is 30.0 Å². The summed E-state index contributed by atoms with van der Waals surface area (Å²) in [7, 11) is 0. The lowest BCUT2D eigenvalue weighted by Crippen LogP contribution is -2.17. The van der Waals surface area contributed by atoms with Crippen LogP contribution >= 0.6 is 0 Å². The molecule has 1 unspecified atom stereocenters. The first-order chi connectivity index (χ1) is 9.65. The van der Waals surface area contributed by atoms with Crippen molar-refractivity contribution < 1.29 is 4.79 Å². The second-order valence-corrected chi connectivity index (χ2v) is 4.82. The maximum atomic E-state index is 11.8. The SMILES string of the molecule is Cc1ccc(NC(=O)CCC(N)c2ccccc2)nc1. The molecule has 0 aliphatic rings. The number of carbonyl (C=O) groups is 1. The first kappa shape index (κ1) is 14.2. The largest absolute Gasteiger partial charge is 0.324 e. The molecule has 1 aromatic carbocycles. The van der Waals surface area contributed by atoms with Gasteiger partial charge in [0.1, 0.15) is 5.82 Å². The monoisotopic (exact) mass is 269 g/mol. The van der Waals surface area contributed by atoms with Gasteiger partial charge in [-0.25, -0.2) is 4.98 Å². The van der Waals surface area contributed by atoms with E-state index in [1.165, 1.54) is 0 Å². The highest BCUT2D eigenvalue weighted by Crippen LogP contribution is 2.15. The van der Waals surface area contributed by atoms with E-state index in [9.17, 15) is 4.79 Å². The number of benzene rings is 1. The van der Waals surface area contributed by atoms with E-state index in [2.05, 4.69) is 10.3 Å². The third-order valence-corrected chi connectivity index (χ3v) is 3.09. The normalized spacial score (nSPS) is 11.9. The zero-order valence-corrected chi connectivity index (χ0v) is 11.5. The third kappa shape index (κ3) is 4.17. The molecule has 1 aromatic heterocycles. The van der Waals surface area contributed by atoms with Crippen LogP contribution in [0.5, 0.6) is 0 Å². The zero-order valence-electron chi connectivity index (χ0n) is 11.5. The van der Waals surface area contributed by atoms with Crippen molar-refractivity contribution in [3.8, 4) is 0 Å². The van der Waals surface area contributed by atoms with Crippen LogP contribution in [-0.2, 0) is 4.79 Å². The summed E-state index contributed by atoms with van der Waals surface area (Å²) in [6.45, 7) is 1.96. The molecule has 0 bridgehead atoms. The summed E-state index contributed by atoms with van der Waals surface area (Å²) in [6, 6.07) is 13.4. The Morgan fingerprint density at radius 2 is 2.00 bits per heavy atom. The maximum Gasteiger partial charge on any atom is 0.225 e. The first-order valence-corrected chi connectivity index (χ1v) is 6.68. The number of amides is 1. The minimum absolute atomic E-state index is 0.0623. The van der Waals surface area contributed by atoms with Crippen molar-refractivity contribution >= 4 is 11.7 Å². The fourth-order valence-corrected chi connectivity index (χ4v) is 1.90. The fraction of sp³-hybridized carbons (Fsp3) is 0.250. The summed E-state index contributed by atoms with van der Waals surface area (Å²) in [6.07, 6.45) is 2.72. The average molecular weight is 269 g/mol. The Hall–Kier alpha value is -2.20. The van der Waals surface area contributed by atoms with Crippen LogP contribution in [-0.4, -0.2) is 10.9 Å². The molecule has 3 N–H and O–H groups in total. The van der Waals surface area contributed by atoms with Gasteiger partial charge in [0.15, 0.2) is 0 Å². The van der Waals surface area contributed by atoms with Crippen molar-refractivity contribution in [1.29, 1.82) is 0 Å². The minimum Gasteiger partial charge on any atom is -0.324 e. The van der Waals surface area contributed by atoms with Gasteiger partial charge < -0.3 is 11.1 Å². The molecule has 4 nitrogen and oxygen atoms in total. The standard InChI is InChI=1S/C16H19N3O/c1-12-7-9-15(18-11-12)19-16(20)10-8-14(17)13-5-3-2-4-6-13/h2-7,9,11,14H,8,10,17H2,1H3,(H,18,19,20). The van der Waals surface area contributed by atoms with Crippen LogP contribution in [0.4, 0.5) is 5.82 Å². The van der Waals surface area contributed by atoms with E-state index in [-0.39, 0.29) is 11.9 Å². The number of carbonyl (C=O) groups excluding carboxylic acids is 1. The van der Waals surface area contributed by atoms with Crippen LogP contribution in [0.2, 0.25) is 0 Å². The highest BCUT2D eigenvalue weighted by molar-refractivity contribution is 5.89. The molecule has 20 heavy (non-hydrogen) atoms. The lowest BCUT2D eigenvalue weighted by atomic mass is 10.0. The molecular formula is C16H19N3O. The Labute approximate surface area is 119 Å². The predicted octanol–water partition coefficient (Wildman–Crippen LogP) is 2.81. The molecule has 1 atom stereocenters. The second kappa shape index (κ2) is 6.82. The zero-order chi connectivity index (χ0) is 14.4. The number of nitrogens with zero attached hydrogens (tertiary/aromatic N) is 1. The van der Waals surface area contributed by atoms with Crippen LogP contribution < -0.4 is 11.1 Å². The van der Waals surface area contributed by atoms with E-state index in [4.69, 9.17) is 5.73 Å². The maximum absolute atomic E-state index is 11.8. The first-order valence-electron chi connectivity index (χ1n) is 6.68. The lowest BCUT2D eigenvalue weighted by Gasteiger charge is -2.11. The molecule has 0 aliphatic heterocycles. The summed E-state index contributed by atoms with van der Waals surface area (Å²) in [5.74, 6) is 0.515. The van der Waals surface area contributed by atoms with E-state index in [0.717, 1.165) is 11.1 Å². The molecule has 1 amide bonds. The van der Waals surface area contributed by atoms with Crippen molar-refractivity contribution in [3.05, 3.63) is 59.8 Å². The molecule has 0 radical (unpaired) electrons. The molecule has 2 aromatic rings. The van der Waals surface area contributed by atoms with Gasteiger partial charge in [-0.2, -0.15) is 0 Å². The van der Waals surface area contributed by atoms with E-state index in [1.54, 1.807) is 12.3 Å². The van der Waals surface area contributed by atoms with Gasteiger partial charge in [-0.15, -0.1) is 0 Å².